The lowest BCUT2D eigenvalue weighted by molar-refractivity contribution is -0.730. The number of hydrogen-bond acceptors (Lipinski definition) is 11. The average Bonchev–Trinajstić information content (AvgIpc) is 3.81. The fourth-order valence-electron chi connectivity index (χ4n) is 6.85. The monoisotopic (exact) mass is 644 g/mol. The van der Waals surface area contributed by atoms with Crippen LogP contribution in [0.2, 0.25) is 0 Å². The highest BCUT2D eigenvalue weighted by molar-refractivity contribution is 6.66. The first-order valence-corrected chi connectivity index (χ1v) is 15.7. The molecule has 0 bridgehead atoms. The summed E-state index contributed by atoms with van der Waals surface area (Å²) in [6.45, 7) is 5.93. The Labute approximate surface area is 270 Å². The van der Waals surface area contributed by atoms with E-state index >= 15 is 0 Å². The van der Waals surface area contributed by atoms with Crippen LogP contribution in [0, 0.1) is 11.3 Å². The summed E-state index contributed by atoms with van der Waals surface area (Å²) in [7, 11) is 1.58. The smallest absolute Gasteiger partial charge is 0.374 e. The number of hydrogen-bond donors (Lipinski definition) is 4. The summed E-state index contributed by atoms with van der Waals surface area (Å²) in [6.07, 6.45) is 8.62. The van der Waals surface area contributed by atoms with Crippen LogP contribution in [0.3, 0.4) is 0 Å². The van der Waals surface area contributed by atoms with Crippen LogP contribution >= 0.6 is 0 Å². The normalized spacial score (nSPS) is 24.1. The summed E-state index contributed by atoms with van der Waals surface area (Å²) in [6, 6.07) is 1.75. The van der Waals surface area contributed by atoms with Gasteiger partial charge in [-0.2, -0.15) is 9.98 Å². The van der Waals surface area contributed by atoms with Gasteiger partial charge in [0, 0.05) is 36.7 Å². The number of benzene rings is 1. The van der Waals surface area contributed by atoms with Crippen molar-refractivity contribution in [2.45, 2.75) is 51.4 Å². The number of allylic oxidation sites excluding steroid dienone is 3. The molecule has 0 saturated carbocycles. The zero-order valence-electron chi connectivity index (χ0n) is 26.3. The second-order valence-corrected chi connectivity index (χ2v) is 12.1. The third kappa shape index (κ3) is 5.39. The van der Waals surface area contributed by atoms with Gasteiger partial charge in [0.2, 0.25) is 11.7 Å². The molecule has 3 unspecified atom stereocenters. The molecule has 0 amide bonds. The molecule has 0 spiro atoms. The molecule has 4 N–H and O–H groups in total. The van der Waals surface area contributed by atoms with E-state index in [2.05, 4.69) is 25.3 Å². The third-order valence-corrected chi connectivity index (χ3v) is 9.29. The van der Waals surface area contributed by atoms with Gasteiger partial charge in [0.05, 0.1) is 25.5 Å². The Morgan fingerprint density at radius 3 is 2.89 bits per heavy atom. The van der Waals surface area contributed by atoms with Crippen LogP contribution in [0.25, 0.3) is 5.57 Å². The number of guanidine groups is 1. The van der Waals surface area contributed by atoms with Gasteiger partial charge in [-0.25, -0.2) is 19.7 Å². The molecule has 15 nitrogen and oxygen atoms in total. The van der Waals surface area contributed by atoms with Crippen LogP contribution in [-0.2, 0) is 22.5 Å². The van der Waals surface area contributed by atoms with Gasteiger partial charge in [-0.15, -0.1) is 0 Å². The number of nitrogens with zero attached hydrogens (tertiary/aromatic N) is 5. The second-order valence-electron chi connectivity index (χ2n) is 12.1. The predicted molar refractivity (Wildman–Crippen MR) is 168 cm³/mol. The predicted octanol–water partition coefficient (Wildman–Crippen LogP) is -0.0970. The van der Waals surface area contributed by atoms with E-state index in [4.69, 9.17) is 24.4 Å². The molecule has 1 aromatic heterocycles. The van der Waals surface area contributed by atoms with Gasteiger partial charge in [-0.3, -0.25) is 9.98 Å². The molecule has 3 atom stereocenters. The molecule has 15 heteroatoms. The number of ether oxygens (including phenoxy) is 4. The molecular formula is C32H36N8O7. The number of esters is 1. The maximum Gasteiger partial charge on any atom is 0.374 e. The first-order chi connectivity index (χ1) is 22.7. The minimum absolute atomic E-state index is 0.00949. The number of aromatic nitrogens is 2. The van der Waals surface area contributed by atoms with E-state index in [9.17, 15) is 15.0 Å². The molecule has 5 aliphatic rings. The first kappa shape index (κ1) is 30.8. The van der Waals surface area contributed by atoms with E-state index in [0.29, 0.717) is 58.0 Å². The van der Waals surface area contributed by atoms with Crippen molar-refractivity contribution in [3.63, 3.8) is 0 Å². The number of imidazole rings is 1. The average molecular weight is 645 g/mol. The van der Waals surface area contributed by atoms with Gasteiger partial charge in [0.25, 0.3) is 5.84 Å². The van der Waals surface area contributed by atoms with E-state index in [0.717, 1.165) is 31.5 Å². The van der Waals surface area contributed by atoms with Gasteiger partial charge >= 0.3 is 11.9 Å². The van der Waals surface area contributed by atoms with Crippen molar-refractivity contribution >= 4 is 40.9 Å². The molecule has 1 fully saturated rings. The summed E-state index contributed by atoms with van der Waals surface area (Å²) >= 11 is 0. The summed E-state index contributed by atoms with van der Waals surface area (Å²) < 4.78 is 25.6. The second kappa shape index (κ2) is 12.1. The van der Waals surface area contributed by atoms with Gasteiger partial charge in [-0.1, -0.05) is 6.08 Å². The van der Waals surface area contributed by atoms with Crippen LogP contribution in [0.4, 0.5) is 5.95 Å². The molecular weight excluding hydrogens is 608 g/mol. The van der Waals surface area contributed by atoms with Crippen LogP contribution in [0.1, 0.15) is 37.8 Å². The van der Waals surface area contributed by atoms with Crippen molar-refractivity contribution in [2.75, 3.05) is 33.5 Å². The van der Waals surface area contributed by atoms with Crippen molar-refractivity contribution in [1.29, 1.82) is 5.41 Å². The Balaban J connectivity index is 1.23. The fraction of sp³-hybridized carbons (Fsp3) is 0.438. The standard InChI is InChI=1S/C32H36N8O7/c1-4-45-29(42)22-13-17(7-11-39-12-10-35-31(39)40-16-36-25-27(40)37-30(33)38-28(25)41)24-21(46-22)15-20-19(26(24)44-3)14-23(47-20)32(2,43)18-5-8-34-9-6-18/h7,10,12-13,15,18,23,34,43H,4-6,8-9,11,14,16H2,1-3H3,(H2,33,38,41). The van der Waals surface area contributed by atoms with Gasteiger partial charge < -0.3 is 34.5 Å². The van der Waals surface area contributed by atoms with E-state index in [1.54, 1.807) is 38.6 Å². The van der Waals surface area contributed by atoms with Crippen molar-refractivity contribution in [2.24, 2.45) is 20.9 Å². The lowest BCUT2D eigenvalue weighted by atomic mass is 9.77. The Hall–Kier alpha value is -4.86. The van der Waals surface area contributed by atoms with Crippen LogP contribution in [0.15, 0.2) is 51.3 Å². The number of amidine groups is 1. The molecule has 6 heterocycles. The van der Waals surface area contributed by atoms with Crippen LogP contribution < -0.4 is 29.5 Å². The van der Waals surface area contributed by atoms with Crippen molar-refractivity contribution in [1.82, 2.24) is 14.9 Å². The molecule has 1 aromatic carbocycles. The Kier molecular flexibility index (Phi) is 7.90. The molecule has 47 heavy (non-hydrogen) atoms. The summed E-state index contributed by atoms with van der Waals surface area (Å²) in [5, 5.41) is 35.2. The highest BCUT2D eigenvalue weighted by atomic mass is 16.6. The molecule has 1 saturated heterocycles. The van der Waals surface area contributed by atoms with Gasteiger partial charge in [0.1, 0.15) is 29.0 Å². The number of nitrogens with one attached hydrogen (secondary N) is 3. The van der Waals surface area contributed by atoms with E-state index < -0.39 is 23.6 Å². The summed E-state index contributed by atoms with van der Waals surface area (Å²) in [4.78, 5) is 30.1. The van der Waals surface area contributed by atoms with Crippen LogP contribution in [0.5, 0.6) is 17.2 Å². The first-order valence-electron chi connectivity index (χ1n) is 15.7. The number of carbonyl (C=O) groups excluding carboxylic acids is 1. The van der Waals surface area contributed by atoms with Crippen LogP contribution in [-0.4, -0.2) is 89.2 Å². The highest BCUT2D eigenvalue weighted by Crippen LogP contribution is 2.51. The molecule has 7 rings (SSSR count). The lowest BCUT2D eigenvalue weighted by Gasteiger charge is -2.39. The number of aliphatic hydroxyl groups is 1. The molecule has 0 radical (unpaired) electrons. The summed E-state index contributed by atoms with van der Waals surface area (Å²) in [5.41, 5.74) is 1.17. The Morgan fingerprint density at radius 2 is 2.13 bits per heavy atom. The summed E-state index contributed by atoms with van der Waals surface area (Å²) in [5.74, 6) is 0.807. The largest absolute Gasteiger partial charge is 0.857 e. The maximum atomic E-state index is 12.9. The highest BCUT2D eigenvalue weighted by Gasteiger charge is 2.46. The lowest BCUT2D eigenvalue weighted by Crippen LogP contribution is -3.10. The SMILES string of the molecule is CCOC(=O)C1=CC(=CCn2ccnc2[NH+]2CN=C3C([O-])=NC(=N)N=C32)c2c(cc3c(c2OC)CC(C(C)(O)C2CCNCC2)O3)O1. The minimum Gasteiger partial charge on any atom is -0.857 e. The topological polar surface area (TPSA) is 192 Å². The zero-order chi connectivity index (χ0) is 32.9. The molecule has 246 valence electrons. The number of aliphatic imine (C=N–C) groups is 3. The number of fused-ring (bicyclic) bond motifs is 3. The van der Waals surface area contributed by atoms with Gasteiger partial charge in [-0.05, 0) is 57.3 Å². The van der Waals surface area contributed by atoms with Crippen molar-refractivity contribution in [3.05, 3.63) is 47.5 Å². The Bertz CT molecular complexity index is 1800. The number of piperidine rings is 1. The number of quaternary nitrogens is 1. The van der Waals surface area contributed by atoms with Crippen molar-refractivity contribution in [3.8, 4) is 17.2 Å². The molecule has 0 aliphatic carbocycles. The third-order valence-electron chi connectivity index (χ3n) is 9.29. The quantitative estimate of drug-likeness (QED) is 0.284. The van der Waals surface area contributed by atoms with E-state index in [1.165, 1.54) is 0 Å². The van der Waals surface area contributed by atoms with Crippen molar-refractivity contribution < 1.29 is 38.9 Å². The van der Waals surface area contributed by atoms with E-state index in [1.807, 2.05) is 17.6 Å². The van der Waals surface area contributed by atoms with Gasteiger partial charge in [0.15, 0.2) is 12.4 Å². The zero-order valence-corrected chi connectivity index (χ0v) is 26.3. The number of rotatable bonds is 8. The van der Waals surface area contributed by atoms with E-state index in [-0.39, 0.29) is 36.6 Å². The number of methoxy groups -OCH3 is 1. The molecule has 2 aromatic rings. The fourth-order valence-corrected chi connectivity index (χ4v) is 6.85. The minimum atomic E-state index is -1.07. The molecule has 5 aliphatic heterocycles. The Morgan fingerprint density at radius 1 is 1.32 bits per heavy atom. The maximum absolute atomic E-state index is 12.9. The number of carbonyl (C=O) groups is 1.